The number of aliphatic hydroxyl groups excluding tert-OH is 1. The molecule has 0 spiro atoms. The van der Waals surface area contributed by atoms with Crippen LogP contribution in [0.15, 0.2) is 0 Å². The number of hydrogen-bond acceptors (Lipinski definition) is 6. The number of aromatic hydroxyl groups is 1. The molecule has 2 aromatic heterocycles. The van der Waals surface area contributed by atoms with Gasteiger partial charge in [-0.25, -0.2) is 0 Å². The normalized spacial score (nSPS) is 10.1. The number of rotatable bonds is 1. The first kappa shape index (κ1) is 10.2. The molecule has 0 saturated carbocycles. The number of anilines is 1. The van der Waals surface area contributed by atoms with Crippen molar-refractivity contribution in [2.45, 2.75) is 6.42 Å². The molecule has 0 aliphatic rings. The van der Waals surface area contributed by atoms with Crippen molar-refractivity contribution in [3.63, 3.8) is 0 Å². The van der Waals surface area contributed by atoms with Crippen molar-refractivity contribution in [3.8, 4) is 17.7 Å². The number of fused-ring (bicyclic) bond motifs is 1. The lowest BCUT2D eigenvalue weighted by atomic mass is 10.2. The smallest absolute Gasteiger partial charge is 0.227 e. The van der Waals surface area contributed by atoms with E-state index in [1.807, 2.05) is 0 Å². The first-order chi connectivity index (χ1) is 7.72. The fourth-order valence-electron chi connectivity index (χ4n) is 1.32. The maximum Gasteiger partial charge on any atom is 0.227 e. The maximum absolute atomic E-state index is 9.59. The summed E-state index contributed by atoms with van der Waals surface area (Å²) in [5, 5.41) is 25.1. The Labute approximate surface area is 90.3 Å². The van der Waals surface area contributed by atoms with Crippen molar-refractivity contribution in [1.82, 2.24) is 20.2 Å². The molecule has 2 heterocycles. The highest BCUT2D eigenvalue weighted by Crippen LogP contribution is 2.23. The van der Waals surface area contributed by atoms with Gasteiger partial charge in [0.25, 0.3) is 0 Å². The zero-order chi connectivity index (χ0) is 11.5. The molecule has 0 aliphatic heterocycles. The first-order valence-electron chi connectivity index (χ1n) is 4.48. The lowest BCUT2D eigenvalue weighted by Crippen LogP contribution is -1.95. The van der Waals surface area contributed by atoms with Crippen LogP contribution in [0.4, 0.5) is 5.95 Å². The van der Waals surface area contributed by atoms with Gasteiger partial charge in [0.05, 0.1) is 12.1 Å². The summed E-state index contributed by atoms with van der Waals surface area (Å²) in [4.78, 5) is 7.48. The summed E-state index contributed by atoms with van der Waals surface area (Å²) >= 11 is 0. The van der Waals surface area contributed by atoms with E-state index in [1.165, 1.54) is 0 Å². The van der Waals surface area contributed by atoms with Gasteiger partial charge in [-0.3, -0.25) is 5.10 Å². The Kier molecular flexibility index (Phi) is 2.57. The zero-order valence-electron chi connectivity index (χ0n) is 8.23. The summed E-state index contributed by atoms with van der Waals surface area (Å²) in [5.74, 6) is 4.93. The van der Waals surface area contributed by atoms with Crippen molar-refractivity contribution in [2.24, 2.45) is 0 Å². The molecule has 0 amide bonds. The molecular weight excluding hydrogens is 210 g/mol. The highest BCUT2D eigenvalue weighted by Gasteiger charge is 2.12. The summed E-state index contributed by atoms with van der Waals surface area (Å²) in [6.45, 7) is -0.207. The van der Waals surface area contributed by atoms with Crippen LogP contribution in [0.1, 0.15) is 5.69 Å². The van der Waals surface area contributed by atoms with E-state index in [1.54, 1.807) is 0 Å². The minimum atomic E-state index is -0.225. The highest BCUT2D eigenvalue weighted by molar-refractivity contribution is 5.83. The molecule has 0 fully saturated rings. The van der Waals surface area contributed by atoms with Crippen LogP contribution >= 0.6 is 0 Å². The Morgan fingerprint density at radius 1 is 1.31 bits per heavy atom. The van der Waals surface area contributed by atoms with Crippen LogP contribution in [-0.2, 0) is 6.42 Å². The van der Waals surface area contributed by atoms with E-state index in [4.69, 9.17) is 10.8 Å². The van der Waals surface area contributed by atoms with Gasteiger partial charge in [0.2, 0.25) is 11.8 Å². The number of aromatic amines is 1. The minimum Gasteiger partial charge on any atom is -0.493 e. The Morgan fingerprint density at radius 2 is 2.12 bits per heavy atom. The molecule has 7 heteroatoms. The Balaban J connectivity index is 2.48. The SMILES string of the molecule is Nc1nc(O)c2c(CC#CCO)[nH]nc2n1. The average Bonchev–Trinajstić information content (AvgIpc) is 2.62. The van der Waals surface area contributed by atoms with Crippen LogP contribution in [0, 0.1) is 11.8 Å². The predicted octanol–water partition coefficient (Wildman–Crippen LogP) is -0.821. The standard InChI is InChI=1S/C9H9N5O2/c10-9-11-7-6(8(16)12-9)5(13-14-7)3-1-2-4-15/h15H,3-4H2,(H4,10,11,12,13,14,16). The molecule has 0 bridgehead atoms. The Bertz CT molecular complexity index is 581. The average molecular weight is 219 g/mol. The molecule has 0 saturated heterocycles. The topological polar surface area (TPSA) is 121 Å². The molecule has 16 heavy (non-hydrogen) atoms. The van der Waals surface area contributed by atoms with Gasteiger partial charge in [0, 0.05) is 0 Å². The second-order valence-electron chi connectivity index (χ2n) is 2.99. The van der Waals surface area contributed by atoms with E-state index in [9.17, 15) is 5.11 Å². The van der Waals surface area contributed by atoms with Crippen LogP contribution in [0.5, 0.6) is 5.88 Å². The Morgan fingerprint density at radius 3 is 2.88 bits per heavy atom. The van der Waals surface area contributed by atoms with Crippen molar-refractivity contribution in [1.29, 1.82) is 0 Å². The van der Waals surface area contributed by atoms with E-state index in [-0.39, 0.29) is 18.4 Å². The number of aromatic nitrogens is 4. The minimum absolute atomic E-state index is 0.0375. The largest absolute Gasteiger partial charge is 0.493 e. The third-order valence-electron chi connectivity index (χ3n) is 1.96. The second-order valence-corrected chi connectivity index (χ2v) is 2.99. The van der Waals surface area contributed by atoms with Crippen molar-refractivity contribution in [3.05, 3.63) is 5.69 Å². The van der Waals surface area contributed by atoms with E-state index in [0.717, 1.165) is 0 Å². The number of nitrogens with two attached hydrogens (primary N) is 1. The molecule has 0 unspecified atom stereocenters. The monoisotopic (exact) mass is 219 g/mol. The number of H-pyrrole nitrogens is 1. The molecule has 82 valence electrons. The third-order valence-corrected chi connectivity index (χ3v) is 1.96. The van der Waals surface area contributed by atoms with E-state index < -0.39 is 0 Å². The molecule has 0 aromatic carbocycles. The lowest BCUT2D eigenvalue weighted by Gasteiger charge is -1.96. The van der Waals surface area contributed by atoms with E-state index in [2.05, 4.69) is 32.0 Å². The molecule has 2 rings (SSSR count). The van der Waals surface area contributed by atoms with Crippen LogP contribution in [0.25, 0.3) is 11.0 Å². The summed E-state index contributed by atoms with van der Waals surface area (Å²) in [5.41, 5.74) is 6.25. The maximum atomic E-state index is 9.59. The van der Waals surface area contributed by atoms with Crippen molar-refractivity contribution in [2.75, 3.05) is 12.3 Å². The molecule has 0 radical (unpaired) electrons. The third kappa shape index (κ3) is 1.74. The number of nitrogens with one attached hydrogen (secondary N) is 1. The number of nitrogen functional groups attached to an aromatic ring is 1. The summed E-state index contributed by atoms with van der Waals surface area (Å²) in [6, 6.07) is 0. The molecule has 2 aromatic rings. The van der Waals surface area contributed by atoms with Gasteiger partial charge in [-0.1, -0.05) is 11.8 Å². The van der Waals surface area contributed by atoms with Gasteiger partial charge in [-0.2, -0.15) is 15.1 Å². The van der Waals surface area contributed by atoms with Gasteiger partial charge in [0.1, 0.15) is 12.0 Å². The predicted molar refractivity (Wildman–Crippen MR) is 56.3 cm³/mol. The molecule has 5 N–H and O–H groups in total. The summed E-state index contributed by atoms with van der Waals surface area (Å²) in [6.07, 6.45) is 0.317. The van der Waals surface area contributed by atoms with Gasteiger partial charge >= 0.3 is 0 Å². The molecular formula is C9H9N5O2. The van der Waals surface area contributed by atoms with Crippen LogP contribution < -0.4 is 5.73 Å². The second kappa shape index (κ2) is 4.04. The number of aliphatic hydroxyl groups is 1. The van der Waals surface area contributed by atoms with Crippen LogP contribution in [-0.4, -0.2) is 37.0 Å². The van der Waals surface area contributed by atoms with Gasteiger partial charge in [0.15, 0.2) is 5.65 Å². The quantitative estimate of drug-likeness (QED) is 0.465. The fraction of sp³-hybridized carbons (Fsp3) is 0.222. The van der Waals surface area contributed by atoms with Crippen molar-refractivity contribution >= 4 is 17.0 Å². The van der Waals surface area contributed by atoms with Gasteiger partial charge in [-0.05, 0) is 0 Å². The molecule has 7 nitrogen and oxygen atoms in total. The highest BCUT2D eigenvalue weighted by atomic mass is 16.3. The zero-order valence-corrected chi connectivity index (χ0v) is 8.23. The van der Waals surface area contributed by atoms with Crippen LogP contribution in [0.3, 0.4) is 0 Å². The molecule has 0 atom stereocenters. The molecule has 0 aliphatic carbocycles. The first-order valence-corrected chi connectivity index (χ1v) is 4.48. The Hall–Kier alpha value is -2.33. The van der Waals surface area contributed by atoms with Gasteiger partial charge < -0.3 is 15.9 Å². The van der Waals surface area contributed by atoms with E-state index in [0.29, 0.717) is 23.1 Å². The summed E-state index contributed by atoms with van der Waals surface area (Å²) in [7, 11) is 0. The lowest BCUT2D eigenvalue weighted by molar-refractivity contribution is 0.350. The van der Waals surface area contributed by atoms with Crippen molar-refractivity contribution < 1.29 is 10.2 Å². The summed E-state index contributed by atoms with van der Waals surface area (Å²) < 4.78 is 0. The van der Waals surface area contributed by atoms with Crippen LogP contribution in [0.2, 0.25) is 0 Å². The number of hydrogen-bond donors (Lipinski definition) is 4. The fourth-order valence-corrected chi connectivity index (χ4v) is 1.32. The van der Waals surface area contributed by atoms with Gasteiger partial charge in [-0.15, -0.1) is 0 Å². The van der Waals surface area contributed by atoms with E-state index >= 15 is 0 Å². The number of nitrogens with zero attached hydrogens (tertiary/aromatic N) is 3.